The van der Waals surface area contributed by atoms with Crippen LogP contribution in [0, 0.1) is 0 Å². The summed E-state index contributed by atoms with van der Waals surface area (Å²) in [6.07, 6.45) is 4.05. The number of benzene rings is 1. The molecule has 5 heteroatoms. The van der Waals surface area contributed by atoms with Crippen LogP contribution in [0.2, 0.25) is 0 Å². The molecule has 2 N–H and O–H groups in total. The Morgan fingerprint density at radius 1 is 1.32 bits per heavy atom. The number of hydrogen-bond donors (Lipinski definition) is 2. The number of aromatic nitrogens is 1. The lowest BCUT2D eigenvalue weighted by Crippen LogP contribution is -2.46. The number of aromatic amines is 1. The van der Waals surface area contributed by atoms with Crippen LogP contribution in [0.1, 0.15) is 10.4 Å². The van der Waals surface area contributed by atoms with Crippen molar-refractivity contribution in [2.75, 3.05) is 32.4 Å². The topological polar surface area (TPSA) is 48.1 Å². The highest BCUT2D eigenvalue weighted by molar-refractivity contribution is 7.98. The molecule has 1 aromatic heterocycles. The van der Waals surface area contributed by atoms with Crippen molar-refractivity contribution >= 4 is 28.6 Å². The predicted molar refractivity (Wildman–Crippen MR) is 78.9 cm³/mol. The Morgan fingerprint density at radius 3 is 2.84 bits per heavy atom. The maximum absolute atomic E-state index is 12.4. The molecule has 1 aliphatic rings. The van der Waals surface area contributed by atoms with E-state index in [0.29, 0.717) is 0 Å². The molecule has 2 heterocycles. The van der Waals surface area contributed by atoms with Crippen molar-refractivity contribution in [2.24, 2.45) is 0 Å². The van der Waals surface area contributed by atoms with E-state index in [0.717, 1.165) is 37.3 Å². The zero-order chi connectivity index (χ0) is 13.2. The molecule has 0 radical (unpaired) electrons. The van der Waals surface area contributed by atoms with Crippen LogP contribution in [0.4, 0.5) is 0 Å². The van der Waals surface area contributed by atoms with Crippen molar-refractivity contribution in [3.63, 3.8) is 0 Å². The highest BCUT2D eigenvalue weighted by Crippen LogP contribution is 2.26. The van der Waals surface area contributed by atoms with Crippen LogP contribution in [0.25, 0.3) is 10.9 Å². The number of carbonyl (C=O) groups excluding carboxylic acids is 1. The molecule has 1 amide bonds. The summed E-state index contributed by atoms with van der Waals surface area (Å²) in [7, 11) is 0. The van der Waals surface area contributed by atoms with Gasteiger partial charge in [0.1, 0.15) is 0 Å². The van der Waals surface area contributed by atoms with Gasteiger partial charge in [-0.15, -0.1) is 11.8 Å². The maximum atomic E-state index is 12.4. The summed E-state index contributed by atoms with van der Waals surface area (Å²) in [6.45, 7) is 3.34. The number of rotatable bonds is 2. The third kappa shape index (κ3) is 2.35. The standard InChI is InChI=1S/C14H17N3OS/c1-19-13-9-16-12-8-10(2-3-11(12)13)14(18)17-6-4-15-5-7-17/h2-3,8-9,15-16H,4-7H2,1H3. The second kappa shape index (κ2) is 5.27. The molecule has 0 spiro atoms. The summed E-state index contributed by atoms with van der Waals surface area (Å²) < 4.78 is 0. The number of H-pyrrole nitrogens is 1. The maximum Gasteiger partial charge on any atom is 0.254 e. The molecular weight excluding hydrogens is 258 g/mol. The van der Waals surface area contributed by atoms with Crippen LogP contribution in [0.5, 0.6) is 0 Å². The van der Waals surface area contributed by atoms with Gasteiger partial charge in [0.25, 0.3) is 5.91 Å². The summed E-state index contributed by atoms with van der Waals surface area (Å²) in [5.41, 5.74) is 1.80. The molecule has 4 nitrogen and oxygen atoms in total. The van der Waals surface area contributed by atoms with Gasteiger partial charge in [0, 0.05) is 53.7 Å². The quantitative estimate of drug-likeness (QED) is 0.823. The first-order valence-electron chi connectivity index (χ1n) is 6.45. The van der Waals surface area contributed by atoms with Gasteiger partial charge in [-0.05, 0) is 18.4 Å². The highest BCUT2D eigenvalue weighted by Gasteiger charge is 2.18. The molecule has 0 saturated carbocycles. The average Bonchev–Trinajstić information content (AvgIpc) is 2.89. The van der Waals surface area contributed by atoms with Gasteiger partial charge >= 0.3 is 0 Å². The monoisotopic (exact) mass is 275 g/mol. The first-order valence-corrected chi connectivity index (χ1v) is 7.67. The fourth-order valence-corrected chi connectivity index (χ4v) is 3.03. The van der Waals surface area contributed by atoms with Gasteiger partial charge in [-0.2, -0.15) is 0 Å². The molecule has 19 heavy (non-hydrogen) atoms. The first-order chi connectivity index (χ1) is 9.29. The van der Waals surface area contributed by atoms with Gasteiger partial charge in [-0.3, -0.25) is 4.79 Å². The molecule has 1 aliphatic heterocycles. The zero-order valence-corrected chi connectivity index (χ0v) is 11.7. The minimum absolute atomic E-state index is 0.128. The van der Waals surface area contributed by atoms with Gasteiger partial charge in [0.2, 0.25) is 0 Å². The van der Waals surface area contributed by atoms with Crippen LogP contribution in [0.3, 0.4) is 0 Å². The Balaban J connectivity index is 1.90. The molecule has 3 rings (SSSR count). The lowest BCUT2D eigenvalue weighted by Gasteiger charge is -2.27. The Bertz CT molecular complexity index is 602. The lowest BCUT2D eigenvalue weighted by atomic mass is 10.1. The molecule has 100 valence electrons. The van der Waals surface area contributed by atoms with E-state index >= 15 is 0 Å². The van der Waals surface area contributed by atoms with Crippen molar-refractivity contribution in [1.82, 2.24) is 15.2 Å². The Hall–Kier alpha value is -1.46. The SMILES string of the molecule is CSc1c[nH]c2cc(C(=O)N3CCNCC3)ccc12. The number of nitrogens with zero attached hydrogens (tertiary/aromatic N) is 1. The summed E-state index contributed by atoms with van der Waals surface area (Å²) in [4.78, 5) is 18.8. The van der Waals surface area contributed by atoms with Crippen LogP contribution < -0.4 is 5.32 Å². The Labute approximate surface area is 116 Å². The van der Waals surface area contributed by atoms with Crippen molar-refractivity contribution in [1.29, 1.82) is 0 Å². The van der Waals surface area contributed by atoms with Crippen LogP contribution in [-0.4, -0.2) is 48.2 Å². The van der Waals surface area contributed by atoms with E-state index in [1.807, 2.05) is 29.3 Å². The van der Waals surface area contributed by atoms with Gasteiger partial charge in [-0.1, -0.05) is 6.07 Å². The van der Waals surface area contributed by atoms with Gasteiger partial charge < -0.3 is 15.2 Å². The summed E-state index contributed by atoms with van der Waals surface area (Å²) in [6, 6.07) is 5.92. The minimum Gasteiger partial charge on any atom is -0.360 e. The summed E-state index contributed by atoms with van der Waals surface area (Å²) in [5, 5.41) is 4.44. The molecular formula is C14H17N3OS. The minimum atomic E-state index is 0.128. The van der Waals surface area contributed by atoms with Crippen molar-refractivity contribution in [3.8, 4) is 0 Å². The third-order valence-electron chi connectivity index (χ3n) is 3.51. The second-order valence-electron chi connectivity index (χ2n) is 4.66. The van der Waals surface area contributed by atoms with E-state index in [1.165, 1.54) is 10.3 Å². The van der Waals surface area contributed by atoms with Crippen LogP contribution in [0.15, 0.2) is 29.3 Å². The first kappa shape index (κ1) is 12.6. The van der Waals surface area contributed by atoms with Crippen LogP contribution >= 0.6 is 11.8 Å². The van der Waals surface area contributed by atoms with E-state index in [2.05, 4.69) is 16.6 Å². The number of fused-ring (bicyclic) bond motifs is 1. The van der Waals surface area contributed by atoms with Crippen molar-refractivity contribution in [3.05, 3.63) is 30.0 Å². The number of carbonyl (C=O) groups is 1. The normalized spacial score (nSPS) is 15.9. The van der Waals surface area contributed by atoms with Gasteiger partial charge in [-0.25, -0.2) is 0 Å². The average molecular weight is 275 g/mol. The van der Waals surface area contributed by atoms with E-state index in [9.17, 15) is 4.79 Å². The summed E-state index contributed by atoms with van der Waals surface area (Å²) in [5.74, 6) is 0.128. The molecule has 0 bridgehead atoms. The Kier molecular flexibility index (Phi) is 3.48. The molecule has 2 aromatic rings. The smallest absolute Gasteiger partial charge is 0.254 e. The Morgan fingerprint density at radius 2 is 2.11 bits per heavy atom. The molecule has 1 aromatic carbocycles. The van der Waals surface area contributed by atoms with E-state index in [1.54, 1.807) is 11.8 Å². The van der Waals surface area contributed by atoms with Crippen molar-refractivity contribution < 1.29 is 4.79 Å². The number of hydrogen-bond acceptors (Lipinski definition) is 3. The lowest BCUT2D eigenvalue weighted by molar-refractivity contribution is 0.0736. The molecule has 0 aliphatic carbocycles. The van der Waals surface area contributed by atoms with Gasteiger partial charge in [0.15, 0.2) is 0 Å². The van der Waals surface area contributed by atoms with Crippen LogP contribution in [-0.2, 0) is 0 Å². The fraction of sp³-hybridized carbons (Fsp3) is 0.357. The molecule has 0 unspecified atom stereocenters. The number of thioether (sulfide) groups is 1. The number of nitrogens with one attached hydrogen (secondary N) is 2. The van der Waals surface area contributed by atoms with E-state index < -0.39 is 0 Å². The van der Waals surface area contributed by atoms with Gasteiger partial charge in [0.05, 0.1) is 0 Å². The molecule has 1 fully saturated rings. The molecule has 0 atom stereocenters. The number of amides is 1. The highest BCUT2D eigenvalue weighted by atomic mass is 32.2. The second-order valence-corrected chi connectivity index (χ2v) is 5.51. The number of piperazine rings is 1. The largest absolute Gasteiger partial charge is 0.360 e. The van der Waals surface area contributed by atoms with E-state index in [4.69, 9.17) is 0 Å². The third-order valence-corrected chi connectivity index (χ3v) is 4.29. The summed E-state index contributed by atoms with van der Waals surface area (Å²) >= 11 is 1.71. The molecule has 1 saturated heterocycles. The zero-order valence-electron chi connectivity index (χ0n) is 10.9. The van der Waals surface area contributed by atoms with E-state index in [-0.39, 0.29) is 5.91 Å². The predicted octanol–water partition coefficient (Wildman–Crippen LogP) is 1.94. The van der Waals surface area contributed by atoms with Crippen molar-refractivity contribution in [2.45, 2.75) is 4.90 Å². The fourth-order valence-electron chi connectivity index (χ4n) is 2.45.